The van der Waals surface area contributed by atoms with Crippen molar-refractivity contribution >= 4 is 5.91 Å². The van der Waals surface area contributed by atoms with Gasteiger partial charge in [0.15, 0.2) is 0 Å². The summed E-state index contributed by atoms with van der Waals surface area (Å²) in [7, 11) is 0. The smallest absolute Gasteiger partial charge is 0.222 e. The van der Waals surface area contributed by atoms with Crippen molar-refractivity contribution in [2.75, 3.05) is 26.2 Å². The fourth-order valence-corrected chi connectivity index (χ4v) is 2.54. The van der Waals surface area contributed by atoms with Crippen LogP contribution in [0.3, 0.4) is 0 Å². The van der Waals surface area contributed by atoms with Gasteiger partial charge in [-0.25, -0.2) is 0 Å². The standard InChI is InChI=1S/C11H20N2O/c1-9-5-11(14)13(7-9)8-10-3-2-4-12-6-10/h9-10,12H,2-8H2,1H3. The van der Waals surface area contributed by atoms with Crippen LogP contribution in [0.15, 0.2) is 0 Å². The molecule has 0 spiro atoms. The second kappa shape index (κ2) is 4.30. The Morgan fingerprint density at radius 3 is 3.00 bits per heavy atom. The van der Waals surface area contributed by atoms with Gasteiger partial charge >= 0.3 is 0 Å². The van der Waals surface area contributed by atoms with E-state index in [-0.39, 0.29) is 0 Å². The quantitative estimate of drug-likeness (QED) is 0.710. The number of carbonyl (C=O) groups excluding carboxylic acids is 1. The van der Waals surface area contributed by atoms with Crippen LogP contribution >= 0.6 is 0 Å². The first-order chi connectivity index (χ1) is 6.75. The number of hydrogen-bond acceptors (Lipinski definition) is 2. The highest BCUT2D eigenvalue weighted by Gasteiger charge is 2.28. The van der Waals surface area contributed by atoms with Crippen LogP contribution in [-0.2, 0) is 4.79 Å². The third-order valence-corrected chi connectivity index (χ3v) is 3.29. The van der Waals surface area contributed by atoms with E-state index in [1.54, 1.807) is 0 Å². The van der Waals surface area contributed by atoms with Crippen LogP contribution in [0.4, 0.5) is 0 Å². The number of carbonyl (C=O) groups is 1. The van der Waals surface area contributed by atoms with Crippen molar-refractivity contribution in [2.24, 2.45) is 11.8 Å². The first kappa shape index (κ1) is 9.97. The van der Waals surface area contributed by atoms with Crippen molar-refractivity contribution in [3.63, 3.8) is 0 Å². The molecule has 2 aliphatic rings. The van der Waals surface area contributed by atoms with Gasteiger partial charge in [-0.1, -0.05) is 6.92 Å². The molecule has 3 heteroatoms. The molecule has 0 radical (unpaired) electrons. The third-order valence-electron chi connectivity index (χ3n) is 3.29. The lowest BCUT2D eigenvalue weighted by Gasteiger charge is -2.27. The van der Waals surface area contributed by atoms with E-state index in [1.165, 1.54) is 12.8 Å². The van der Waals surface area contributed by atoms with E-state index < -0.39 is 0 Å². The Kier molecular flexibility index (Phi) is 3.06. The number of piperidine rings is 1. The molecule has 80 valence electrons. The van der Waals surface area contributed by atoms with Crippen LogP contribution in [0.5, 0.6) is 0 Å². The zero-order valence-corrected chi connectivity index (χ0v) is 8.96. The minimum absolute atomic E-state index is 0.364. The van der Waals surface area contributed by atoms with Gasteiger partial charge in [0.05, 0.1) is 0 Å². The maximum atomic E-state index is 11.6. The molecule has 2 unspecified atom stereocenters. The van der Waals surface area contributed by atoms with Crippen molar-refractivity contribution in [2.45, 2.75) is 26.2 Å². The van der Waals surface area contributed by atoms with E-state index in [9.17, 15) is 4.79 Å². The Morgan fingerprint density at radius 1 is 1.57 bits per heavy atom. The van der Waals surface area contributed by atoms with Gasteiger partial charge in [-0.05, 0) is 37.8 Å². The van der Waals surface area contributed by atoms with Crippen molar-refractivity contribution in [3.05, 3.63) is 0 Å². The normalized spacial score (nSPS) is 33.8. The lowest BCUT2D eigenvalue weighted by atomic mass is 9.99. The second-order valence-electron chi connectivity index (χ2n) is 4.82. The van der Waals surface area contributed by atoms with Gasteiger partial charge < -0.3 is 10.2 Å². The topological polar surface area (TPSA) is 32.3 Å². The van der Waals surface area contributed by atoms with Gasteiger partial charge in [0.2, 0.25) is 5.91 Å². The van der Waals surface area contributed by atoms with Gasteiger partial charge in [0.1, 0.15) is 0 Å². The van der Waals surface area contributed by atoms with Crippen molar-refractivity contribution in [3.8, 4) is 0 Å². The van der Waals surface area contributed by atoms with E-state index in [2.05, 4.69) is 17.1 Å². The van der Waals surface area contributed by atoms with Crippen LogP contribution in [0.1, 0.15) is 26.2 Å². The Morgan fingerprint density at radius 2 is 2.43 bits per heavy atom. The van der Waals surface area contributed by atoms with Gasteiger partial charge in [-0.3, -0.25) is 4.79 Å². The lowest BCUT2D eigenvalue weighted by molar-refractivity contribution is -0.128. The number of likely N-dealkylation sites (tertiary alicyclic amines) is 1. The first-order valence-electron chi connectivity index (χ1n) is 5.74. The summed E-state index contributed by atoms with van der Waals surface area (Å²) in [6.45, 7) is 6.38. The Bertz CT molecular complexity index is 211. The molecule has 1 amide bonds. The summed E-state index contributed by atoms with van der Waals surface area (Å²) in [5.74, 6) is 1.63. The van der Waals surface area contributed by atoms with Crippen LogP contribution in [-0.4, -0.2) is 37.0 Å². The second-order valence-corrected chi connectivity index (χ2v) is 4.82. The van der Waals surface area contributed by atoms with Gasteiger partial charge in [0, 0.05) is 19.5 Å². The number of amides is 1. The summed E-state index contributed by atoms with van der Waals surface area (Å²) in [4.78, 5) is 13.6. The summed E-state index contributed by atoms with van der Waals surface area (Å²) in [5.41, 5.74) is 0. The number of rotatable bonds is 2. The van der Waals surface area contributed by atoms with E-state index in [0.717, 1.165) is 32.6 Å². The maximum absolute atomic E-state index is 11.6. The molecule has 1 N–H and O–H groups in total. The monoisotopic (exact) mass is 196 g/mol. The van der Waals surface area contributed by atoms with Crippen LogP contribution in [0.25, 0.3) is 0 Å². The number of nitrogens with zero attached hydrogens (tertiary/aromatic N) is 1. The minimum atomic E-state index is 0.364. The molecule has 2 rings (SSSR count). The molecule has 14 heavy (non-hydrogen) atoms. The average molecular weight is 196 g/mol. The lowest BCUT2D eigenvalue weighted by Crippen LogP contribution is -2.38. The zero-order valence-electron chi connectivity index (χ0n) is 8.96. The molecule has 0 aliphatic carbocycles. The minimum Gasteiger partial charge on any atom is -0.342 e. The molecule has 0 aromatic rings. The Labute approximate surface area is 85.8 Å². The summed E-state index contributed by atoms with van der Waals surface area (Å²) >= 11 is 0. The highest BCUT2D eigenvalue weighted by Crippen LogP contribution is 2.20. The molecule has 2 heterocycles. The average Bonchev–Trinajstić information content (AvgIpc) is 2.47. The molecular weight excluding hydrogens is 176 g/mol. The molecule has 2 atom stereocenters. The van der Waals surface area contributed by atoms with Gasteiger partial charge in [-0.2, -0.15) is 0 Å². The highest BCUT2D eigenvalue weighted by atomic mass is 16.2. The molecule has 0 bridgehead atoms. The van der Waals surface area contributed by atoms with Crippen molar-refractivity contribution < 1.29 is 4.79 Å². The number of hydrogen-bond donors (Lipinski definition) is 1. The van der Waals surface area contributed by atoms with Gasteiger partial charge in [-0.15, -0.1) is 0 Å². The predicted molar refractivity (Wildman–Crippen MR) is 56.0 cm³/mol. The molecule has 3 nitrogen and oxygen atoms in total. The van der Waals surface area contributed by atoms with Crippen LogP contribution in [0.2, 0.25) is 0 Å². The molecule has 2 saturated heterocycles. The summed E-state index contributed by atoms with van der Waals surface area (Å²) < 4.78 is 0. The van der Waals surface area contributed by atoms with Crippen LogP contribution in [0, 0.1) is 11.8 Å². The molecule has 0 aromatic heterocycles. The Balaban J connectivity index is 1.81. The van der Waals surface area contributed by atoms with E-state index >= 15 is 0 Å². The number of nitrogens with one attached hydrogen (secondary N) is 1. The fourth-order valence-electron chi connectivity index (χ4n) is 2.54. The summed E-state index contributed by atoms with van der Waals surface area (Å²) in [6, 6.07) is 0. The van der Waals surface area contributed by atoms with Crippen molar-refractivity contribution in [1.82, 2.24) is 10.2 Å². The summed E-state index contributed by atoms with van der Waals surface area (Å²) in [6.07, 6.45) is 3.31. The first-order valence-corrected chi connectivity index (χ1v) is 5.74. The van der Waals surface area contributed by atoms with E-state index in [1.807, 2.05) is 0 Å². The molecular formula is C11H20N2O. The highest BCUT2D eigenvalue weighted by molar-refractivity contribution is 5.78. The predicted octanol–water partition coefficient (Wildman–Crippen LogP) is 0.854. The molecule has 0 aromatic carbocycles. The fraction of sp³-hybridized carbons (Fsp3) is 0.909. The molecule has 0 saturated carbocycles. The SMILES string of the molecule is CC1CC(=O)N(CC2CCCNC2)C1. The molecule has 2 fully saturated rings. The molecule has 2 aliphatic heterocycles. The maximum Gasteiger partial charge on any atom is 0.222 e. The van der Waals surface area contributed by atoms with Crippen molar-refractivity contribution in [1.29, 1.82) is 0 Å². The van der Waals surface area contributed by atoms with E-state index in [4.69, 9.17) is 0 Å². The van der Waals surface area contributed by atoms with Crippen LogP contribution < -0.4 is 5.32 Å². The third kappa shape index (κ3) is 2.27. The zero-order chi connectivity index (χ0) is 9.97. The summed E-state index contributed by atoms with van der Waals surface area (Å²) in [5, 5.41) is 3.40. The van der Waals surface area contributed by atoms with E-state index in [0.29, 0.717) is 17.7 Å². The largest absolute Gasteiger partial charge is 0.342 e. The Hall–Kier alpha value is -0.570. The van der Waals surface area contributed by atoms with Gasteiger partial charge in [0.25, 0.3) is 0 Å².